The second-order valence-electron chi connectivity index (χ2n) is 5.23. The van der Waals surface area contributed by atoms with Gasteiger partial charge >= 0.3 is 0 Å². The highest BCUT2D eigenvalue weighted by molar-refractivity contribution is 4.79. The van der Waals surface area contributed by atoms with E-state index in [9.17, 15) is 0 Å². The zero-order valence-electron chi connectivity index (χ0n) is 10.6. The van der Waals surface area contributed by atoms with Gasteiger partial charge in [0.2, 0.25) is 0 Å². The summed E-state index contributed by atoms with van der Waals surface area (Å²) in [5.41, 5.74) is 0. The van der Waals surface area contributed by atoms with Crippen LogP contribution in [0.4, 0.5) is 0 Å². The number of hydrogen-bond acceptors (Lipinski definition) is 2. The van der Waals surface area contributed by atoms with Crippen LogP contribution in [0, 0.1) is 11.8 Å². The highest BCUT2D eigenvalue weighted by Crippen LogP contribution is 2.29. The van der Waals surface area contributed by atoms with E-state index in [0.717, 1.165) is 31.6 Å². The molecule has 0 radical (unpaired) electrons. The summed E-state index contributed by atoms with van der Waals surface area (Å²) in [5.74, 6) is 1.69. The molecule has 1 saturated carbocycles. The Hall–Kier alpha value is -0.0800. The van der Waals surface area contributed by atoms with Gasteiger partial charge in [0.05, 0.1) is 6.61 Å². The first-order valence-electron chi connectivity index (χ1n) is 6.51. The molecule has 1 atom stereocenters. The molecule has 0 aromatic heterocycles. The van der Waals surface area contributed by atoms with Gasteiger partial charge < -0.3 is 10.1 Å². The number of rotatable bonds is 8. The lowest BCUT2D eigenvalue weighted by Gasteiger charge is -2.32. The molecule has 1 rings (SSSR count). The average molecular weight is 213 g/mol. The summed E-state index contributed by atoms with van der Waals surface area (Å²) in [6, 6.07) is 0.687. The quantitative estimate of drug-likeness (QED) is 0.626. The molecule has 2 heteroatoms. The first-order chi connectivity index (χ1) is 7.20. The molecular formula is C13H27NO. The van der Waals surface area contributed by atoms with Crippen molar-refractivity contribution in [1.29, 1.82) is 0 Å². The van der Waals surface area contributed by atoms with Crippen molar-refractivity contribution < 1.29 is 4.74 Å². The Morgan fingerprint density at radius 1 is 1.20 bits per heavy atom. The van der Waals surface area contributed by atoms with Crippen molar-refractivity contribution in [2.45, 2.75) is 52.5 Å². The van der Waals surface area contributed by atoms with Gasteiger partial charge in [-0.15, -0.1) is 0 Å². The second kappa shape index (κ2) is 7.24. The molecule has 0 amide bonds. The maximum absolute atomic E-state index is 5.56. The van der Waals surface area contributed by atoms with Crippen molar-refractivity contribution in [3.8, 4) is 0 Å². The van der Waals surface area contributed by atoms with E-state index >= 15 is 0 Å². The Morgan fingerprint density at radius 3 is 2.47 bits per heavy atom. The summed E-state index contributed by atoms with van der Waals surface area (Å²) in [6.45, 7) is 9.56. The monoisotopic (exact) mass is 213 g/mol. The highest BCUT2D eigenvalue weighted by atomic mass is 16.5. The van der Waals surface area contributed by atoms with Crippen LogP contribution in [0.5, 0.6) is 0 Å². The predicted octanol–water partition coefficient (Wildman–Crippen LogP) is 2.83. The molecule has 0 aromatic rings. The minimum Gasteiger partial charge on any atom is -0.380 e. The summed E-state index contributed by atoms with van der Waals surface area (Å²) in [7, 11) is 0. The smallest absolute Gasteiger partial charge is 0.0591 e. The van der Waals surface area contributed by atoms with Crippen LogP contribution in [-0.2, 0) is 4.74 Å². The number of nitrogens with one attached hydrogen (secondary N) is 1. The summed E-state index contributed by atoms with van der Waals surface area (Å²) < 4.78 is 5.56. The van der Waals surface area contributed by atoms with Crippen molar-refractivity contribution in [1.82, 2.24) is 5.32 Å². The molecule has 1 aliphatic rings. The molecule has 0 heterocycles. The van der Waals surface area contributed by atoms with E-state index in [1.54, 1.807) is 0 Å². The van der Waals surface area contributed by atoms with Crippen LogP contribution in [0.1, 0.15) is 46.5 Å². The van der Waals surface area contributed by atoms with Crippen molar-refractivity contribution >= 4 is 0 Å². The second-order valence-corrected chi connectivity index (χ2v) is 5.23. The Bertz CT molecular complexity index is 155. The van der Waals surface area contributed by atoms with Crippen LogP contribution in [0.3, 0.4) is 0 Å². The Morgan fingerprint density at radius 2 is 1.93 bits per heavy atom. The minimum atomic E-state index is 0.687. The molecule has 1 N–H and O–H groups in total. The Balaban J connectivity index is 1.83. The number of ether oxygens (including phenoxy) is 1. The largest absolute Gasteiger partial charge is 0.380 e. The van der Waals surface area contributed by atoms with Gasteiger partial charge in [-0.05, 0) is 38.0 Å². The van der Waals surface area contributed by atoms with E-state index in [1.165, 1.54) is 25.7 Å². The normalized spacial score (nSPS) is 19.2. The van der Waals surface area contributed by atoms with Gasteiger partial charge in [-0.2, -0.15) is 0 Å². The molecule has 90 valence electrons. The lowest BCUT2D eigenvalue weighted by molar-refractivity contribution is 0.119. The molecule has 0 bridgehead atoms. The van der Waals surface area contributed by atoms with Gasteiger partial charge in [-0.25, -0.2) is 0 Å². The molecular weight excluding hydrogens is 186 g/mol. The third kappa shape index (κ3) is 5.53. The molecule has 0 aromatic carbocycles. The van der Waals surface area contributed by atoms with Crippen LogP contribution in [0.2, 0.25) is 0 Å². The molecule has 0 saturated heterocycles. The van der Waals surface area contributed by atoms with E-state index in [2.05, 4.69) is 26.1 Å². The van der Waals surface area contributed by atoms with Crippen LogP contribution < -0.4 is 5.32 Å². The highest BCUT2D eigenvalue weighted by Gasteiger charge is 2.22. The van der Waals surface area contributed by atoms with Crippen LogP contribution in [0.25, 0.3) is 0 Å². The predicted molar refractivity (Wildman–Crippen MR) is 65.1 cm³/mol. The van der Waals surface area contributed by atoms with Crippen molar-refractivity contribution in [2.75, 3.05) is 19.8 Å². The molecule has 2 nitrogen and oxygen atoms in total. The maximum atomic E-state index is 5.56. The summed E-state index contributed by atoms with van der Waals surface area (Å²) in [4.78, 5) is 0. The minimum absolute atomic E-state index is 0.687. The van der Waals surface area contributed by atoms with E-state index < -0.39 is 0 Å². The molecule has 1 aliphatic carbocycles. The topological polar surface area (TPSA) is 21.3 Å². The van der Waals surface area contributed by atoms with Crippen LogP contribution in [-0.4, -0.2) is 25.8 Å². The lowest BCUT2D eigenvalue weighted by atomic mass is 9.80. The lowest BCUT2D eigenvalue weighted by Crippen LogP contribution is -2.38. The van der Waals surface area contributed by atoms with Gasteiger partial charge in [0.15, 0.2) is 0 Å². The fourth-order valence-electron chi connectivity index (χ4n) is 1.89. The SMILES string of the molecule is CC(C)CCOCCNC(C)C1CCC1. The van der Waals surface area contributed by atoms with Crippen molar-refractivity contribution in [3.05, 3.63) is 0 Å². The molecule has 0 spiro atoms. The van der Waals surface area contributed by atoms with E-state index in [4.69, 9.17) is 4.74 Å². The van der Waals surface area contributed by atoms with E-state index in [0.29, 0.717) is 6.04 Å². The maximum Gasteiger partial charge on any atom is 0.0591 e. The number of hydrogen-bond donors (Lipinski definition) is 1. The van der Waals surface area contributed by atoms with Crippen LogP contribution >= 0.6 is 0 Å². The van der Waals surface area contributed by atoms with E-state index in [1.807, 2.05) is 0 Å². The molecule has 1 fully saturated rings. The Labute approximate surface area is 94.8 Å². The Kier molecular flexibility index (Phi) is 6.26. The fourth-order valence-corrected chi connectivity index (χ4v) is 1.89. The summed E-state index contributed by atoms with van der Waals surface area (Å²) in [6.07, 6.45) is 5.45. The first kappa shape index (κ1) is 13.0. The van der Waals surface area contributed by atoms with Gasteiger partial charge in [0.1, 0.15) is 0 Å². The molecule has 0 aliphatic heterocycles. The summed E-state index contributed by atoms with van der Waals surface area (Å²) >= 11 is 0. The van der Waals surface area contributed by atoms with Gasteiger partial charge in [-0.1, -0.05) is 20.3 Å². The molecule has 15 heavy (non-hydrogen) atoms. The zero-order chi connectivity index (χ0) is 11.1. The first-order valence-corrected chi connectivity index (χ1v) is 6.51. The average Bonchev–Trinajstić information content (AvgIpc) is 2.07. The standard InChI is InChI=1S/C13H27NO/c1-11(2)7-9-15-10-8-14-12(3)13-5-4-6-13/h11-14H,4-10H2,1-3H3. The van der Waals surface area contributed by atoms with Crippen LogP contribution in [0.15, 0.2) is 0 Å². The van der Waals surface area contributed by atoms with Crippen molar-refractivity contribution in [2.24, 2.45) is 11.8 Å². The fraction of sp³-hybridized carbons (Fsp3) is 1.00. The third-order valence-corrected chi connectivity index (χ3v) is 3.41. The van der Waals surface area contributed by atoms with E-state index in [-0.39, 0.29) is 0 Å². The van der Waals surface area contributed by atoms with Gasteiger partial charge in [-0.3, -0.25) is 0 Å². The third-order valence-electron chi connectivity index (χ3n) is 3.41. The van der Waals surface area contributed by atoms with Crippen molar-refractivity contribution in [3.63, 3.8) is 0 Å². The molecule has 1 unspecified atom stereocenters. The van der Waals surface area contributed by atoms with Gasteiger partial charge in [0.25, 0.3) is 0 Å². The zero-order valence-corrected chi connectivity index (χ0v) is 10.6. The van der Waals surface area contributed by atoms with Gasteiger partial charge in [0, 0.05) is 19.2 Å². The summed E-state index contributed by atoms with van der Waals surface area (Å²) in [5, 5.41) is 3.55.